The molecule has 0 aromatic carbocycles. The van der Waals surface area contributed by atoms with Gasteiger partial charge in [0.15, 0.2) is 0 Å². The molecule has 0 aliphatic carbocycles. The summed E-state index contributed by atoms with van der Waals surface area (Å²) < 4.78 is 4.98. The highest BCUT2D eigenvalue weighted by molar-refractivity contribution is 7.09. The number of thiazole rings is 1. The van der Waals surface area contributed by atoms with Crippen LogP contribution in [0.3, 0.4) is 0 Å². The lowest BCUT2D eigenvalue weighted by atomic mass is 10.4. The van der Waals surface area contributed by atoms with E-state index in [9.17, 15) is 4.79 Å². The first-order valence-electron chi connectivity index (χ1n) is 4.37. The third-order valence-electron chi connectivity index (χ3n) is 1.54. The molecule has 0 saturated carbocycles. The summed E-state index contributed by atoms with van der Waals surface area (Å²) in [6.07, 6.45) is 3.98. The fourth-order valence-corrected chi connectivity index (χ4v) is 1.45. The molecule has 13 heavy (non-hydrogen) atoms. The molecule has 1 aromatic rings. The van der Waals surface area contributed by atoms with E-state index < -0.39 is 0 Å². The van der Waals surface area contributed by atoms with E-state index in [4.69, 9.17) is 4.74 Å². The molecule has 0 bridgehead atoms. The number of ether oxygens (including phenoxy) is 1. The molecule has 3 nitrogen and oxygen atoms in total. The molecule has 1 rings (SSSR count). The molecular formula is C9H13NO2S. The first kappa shape index (κ1) is 10.2. The van der Waals surface area contributed by atoms with E-state index in [1.807, 2.05) is 5.38 Å². The van der Waals surface area contributed by atoms with Gasteiger partial charge in [-0.1, -0.05) is 13.3 Å². The Morgan fingerprint density at radius 3 is 3.15 bits per heavy atom. The molecule has 1 aromatic heterocycles. The SMILES string of the molecule is CCCCOC(=O)Cc1nccs1. The molecule has 72 valence electrons. The summed E-state index contributed by atoms with van der Waals surface area (Å²) >= 11 is 1.48. The van der Waals surface area contributed by atoms with Gasteiger partial charge in [-0.2, -0.15) is 0 Å². The normalized spacial score (nSPS) is 9.92. The summed E-state index contributed by atoms with van der Waals surface area (Å²) in [5, 5.41) is 2.68. The number of carbonyl (C=O) groups is 1. The molecular weight excluding hydrogens is 186 g/mol. The number of aromatic nitrogens is 1. The lowest BCUT2D eigenvalue weighted by Crippen LogP contribution is -2.08. The zero-order valence-electron chi connectivity index (χ0n) is 7.66. The highest BCUT2D eigenvalue weighted by Crippen LogP contribution is 2.05. The largest absolute Gasteiger partial charge is 0.465 e. The molecule has 0 atom stereocenters. The highest BCUT2D eigenvalue weighted by Gasteiger charge is 2.05. The van der Waals surface area contributed by atoms with Crippen molar-refractivity contribution in [2.45, 2.75) is 26.2 Å². The molecule has 0 aliphatic heterocycles. The number of carbonyl (C=O) groups excluding carboxylic acids is 1. The Kier molecular flexibility index (Phi) is 4.46. The van der Waals surface area contributed by atoms with E-state index in [0.29, 0.717) is 13.0 Å². The minimum absolute atomic E-state index is 0.177. The van der Waals surface area contributed by atoms with Gasteiger partial charge in [-0.3, -0.25) is 4.79 Å². The minimum Gasteiger partial charge on any atom is -0.465 e. The summed E-state index contributed by atoms with van der Waals surface area (Å²) in [5.41, 5.74) is 0. The summed E-state index contributed by atoms with van der Waals surface area (Å²) in [4.78, 5) is 15.1. The molecule has 0 fully saturated rings. The van der Waals surface area contributed by atoms with Crippen LogP contribution in [0.2, 0.25) is 0 Å². The van der Waals surface area contributed by atoms with Crippen molar-refractivity contribution < 1.29 is 9.53 Å². The zero-order valence-corrected chi connectivity index (χ0v) is 8.47. The van der Waals surface area contributed by atoms with Gasteiger partial charge in [-0.15, -0.1) is 11.3 Å². The van der Waals surface area contributed by atoms with E-state index in [0.717, 1.165) is 17.8 Å². The average Bonchev–Trinajstić information content (AvgIpc) is 2.57. The zero-order chi connectivity index (χ0) is 9.52. The van der Waals surface area contributed by atoms with Gasteiger partial charge in [-0.25, -0.2) is 4.98 Å². The molecule has 0 saturated heterocycles. The van der Waals surface area contributed by atoms with Gasteiger partial charge in [0.2, 0.25) is 0 Å². The summed E-state index contributed by atoms with van der Waals surface area (Å²) in [7, 11) is 0. The molecule has 0 spiro atoms. The van der Waals surface area contributed by atoms with Crippen LogP contribution in [0.4, 0.5) is 0 Å². The predicted octanol–water partition coefficient (Wildman–Crippen LogP) is 2.03. The Bertz CT molecular complexity index is 246. The standard InChI is InChI=1S/C9H13NO2S/c1-2-3-5-12-9(11)7-8-10-4-6-13-8/h4,6H,2-3,5,7H2,1H3. The van der Waals surface area contributed by atoms with Gasteiger partial charge in [0.1, 0.15) is 5.01 Å². The van der Waals surface area contributed by atoms with Crippen molar-refractivity contribution in [2.75, 3.05) is 6.61 Å². The maximum Gasteiger partial charge on any atom is 0.312 e. The first-order valence-corrected chi connectivity index (χ1v) is 5.25. The van der Waals surface area contributed by atoms with Crippen molar-refractivity contribution in [3.63, 3.8) is 0 Å². The summed E-state index contributed by atoms with van der Waals surface area (Å²) in [6.45, 7) is 2.59. The lowest BCUT2D eigenvalue weighted by molar-refractivity contribution is -0.142. The number of hydrogen-bond acceptors (Lipinski definition) is 4. The Balaban J connectivity index is 2.18. The van der Waals surface area contributed by atoms with Crippen LogP contribution < -0.4 is 0 Å². The van der Waals surface area contributed by atoms with Crippen molar-refractivity contribution in [1.82, 2.24) is 4.98 Å². The molecule has 0 radical (unpaired) electrons. The number of nitrogens with zero attached hydrogens (tertiary/aromatic N) is 1. The monoisotopic (exact) mass is 199 g/mol. The van der Waals surface area contributed by atoms with Gasteiger partial charge in [0.25, 0.3) is 0 Å². The number of hydrogen-bond donors (Lipinski definition) is 0. The van der Waals surface area contributed by atoms with Gasteiger partial charge >= 0.3 is 5.97 Å². The topological polar surface area (TPSA) is 39.2 Å². The number of rotatable bonds is 5. The van der Waals surface area contributed by atoms with Crippen molar-refractivity contribution in [3.05, 3.63) is 16.6 Å². The second-order valence-electron chi connectivity index (χ2n) is 2.68. The van der Waals surface area contributed by atoms with Crippen LogP contribution in [0.1, 0.15) is 24.8 Å². The molecule has 0 N–H and O–H groups in total. The quantitative estimate of drug-likeness (QED) is 0.538. The second-order valence-corrected chi connectivity index (χ2v) is 3.66. The third-order valence-corrected chi connectivity index (χ3v) is 2.32. The Labute approximate surface area is 81.8 Å². The van der Waals surface area contributed by atoms with Crippen molar-refractivity contribution in [3.8, 4) is 0 Å². The Morgan fingerprint density at radius 2 is 2.54 bits per heavy atom. The smallest absolute Gasteiger partial charge is 0.312 e. The Morgan fingerprint density at radius 1 is 1.69 bits per heavy atom. The van der Waals surface area contributed by atoms with Crippen molar-refractivity contribution in [2.24, 2.45) is 0 Å². The van der Waals surface area contributed by atoms with E-state index in [2.05, 4.69) is 11.9 Å². The molecule has 0 amide bonds. The summed E-state index contributed by atoms with van der Waals surface area (Å²) in [5.74, 6) is -0.177. The average molecular weight is 199 g/mol. The van der Waals surface area contributed by atoms with E-state index in [1.165, 1.54) is 11.3 Å². The van der Waals surface area contributed by atoms with Crippen LogP contribution in [0.15, 0.2) is 11.6 Å². The van der Waals surface area contributed by atoms with E-state index in [1.54, 1.807) is 6.20 Å². The van der Waals surface area contributed by atoms with Crippen molar-refractivity contribution >= 4 is 17.3 Å². The van der Waals surface area contributed by atoms with Gasteiger partial charge in [-0.05, 0) is 6.42 Å². The Hall–Kier alpha value is -0.900. The minimum atomic E-state index is -0.177. The van der Waals surface area contributed by atoms with E-state index in [-0.39, 0.29) is 5.97 Å². The fourth-order valence-electron chi connectivity index (χ4n) is 0.845. The van der Waals surface area contributed by atoms with Crippen LogP contribution >= 0.6 is 11.3 Å². The maximum atomic E-state index is 11.1. The molecule has 0 aliphatic rings. The van der Waals surface area contributed by atoms with Crippen LogP contribution in [-0.2, 0) is 16.0 Å². The van der Waals surface area contributed by atoms with E-state index >= 15 is 0 Å². The van der Waals surface area contributed by atoms with Crippen molar-refractivity contribution in [1.29, 1.82) is 0 Å². The lowest BCUT2D eigenvalue weighted by Gasteiger charge is -2.01. The van der Waals surface area contributed by atoms with Crippen LogP contribution in [0.25, 0.3) is 0 Å². The number of esters is 1. The van der Waals surface area contributed by atoms with Gasteiger partial charge in [0, 0.05) is 11.6 Å². The first-order chi connectivity index (χ1) is 6.33. The molecule has 0 unspecified atom stereocenters. The third kappa shape index (κ3) is 4.03. The van der Waals surface area contributed by atoms with Gasteiger partial charge in [0.05, 0.1) is 13.0 Å². The summed E-state index contributed by atoms with van der Waals surface area (Å²) in [6, 6.07) is 0. The highest BCUT2D eigenvalue weighted by atomic mass is 32.1. The molecule has 4 heteroatoms. The van der Waals surface area contributed by atoms with Gasteiger partial charge < -0.3 is 4.74 Å². The van der Waals surface area contributed by atoms with Crippen LogP contribution in [-0.4, -0.2) is 17.6 Å². The van der Waals surface area contributed by atoms with Crippen LogP contribution in [0, 0.1) is 0 Å². The second kappa shape index (κ2) is 5.70. The van der Waals surface area contributed by atoms with Crippen LogP contribution in [0.5, 0.6) is 0 Å². The predicted molar refractivity (Wildman–Crippen MR) is 51.7 cm³/mol. The number of unbranched alkanes of at least 4 members (excludes halogenated alkanes) is 1. The molecule has 1 heterocycles. The maximum absolute atomic E-state index is 11.1. The fraction of sp³-hybridized carbons (Fsp3) is 0.556.